The van der Waals surface area contributed by atoms with E-state index in [1.54, 1.807) is 0 Å². The minimum atomic E-state index is 0.104. The van der Waals surface area contributed by atoms with Crippen LogP contribution in [-0.2, 0) is 4.79 Å². The van der Waals surface area contributed by atoms with Crippen LogP contribution in [0.15, 0.2) is 24.3 Å². The van der Waals surface area contributed by atoms with Crippen LogP contribution in [0.5, 0.6) is 5.75 Å². The molecule has 1 atom stereocenters. The quantitative estimate of drug-likeness (QED) is 0.874. The van der Waals surface area contributed by atoms with E-state index in [2.05, 4.69) is 32.2 Å². The number of nitrogens with one attached hydrogen (secondary N) is 1. The van der Waals surface area contributed by atoms with Crippen molar-refractivity contribution >= 4 is 5.91 Å². The van der Waals surface area contributed by atoms with Gasteiger partial charge < -0.3 is 10.1 Å². The Labute approximate surface area is 139 Å². The molecule has 1 amide bonds. The van der Waals surface area contributed by atoms with Crippen LogP contribution in [0.3, 0.4) is 0 Å². The highest BCUT2D eigenvalue weighted by Crippen LogP contribution is 2.40. The number of rotatable bonds is 2. The van der Waals surface area contributed by atoms with Crippen molar-refractivity contribution in [2.24, 2.45) is 17.3 Å². The summed E-state index contributed by atoms with van der Waals surface area (Å²) in [7, 11) is 0. The summed E-state index contributed by atoms with van der Waals surface area (Å²) in [4.78, 5) is 12.7. The number of benzene rings is 1. The number of hydrogen-bond acceptors (Lipinski definition) is 2. The van der Waals surface area contributed by atoms with E-state index in [1.165, 1.54) is 12.8 Å². The summed E-state index contributed by atoms with van der Waals surface area (Å²) in [5, 5.41) is 3.28. The molecule has 0 saturated heterocycles. The Morgan fingerprint density at radius 3 is 2.48 bits per heavy atom. The van der Waals surface area contributed by atoms with E-state index in [-0.39, 0.29) is 17.9 Å². The lowest BCUT2D eigenvalue weighted by Crippen LogP contribution is -2.38. The molecule has 1 unspecified atom stereocenters. The van der Waals surface area contributed by atoms with E-state index in [4.69, 9.17) is 4.74 Å². The predicted octanol–water partition coefficient (Wildman–Crippen LogP) is 4.48. The number of fused-ring (bicyclic) bond motifs is 1. The van der Waals surface area contributed by atoms with Gasteiger partial charge >= 0.3 is 0 Å². The summed E-state index contributed by atoms with van der Waals surface area (Å²) < 4.78 is 5.68. The minimum Gasteiger partial charge on any atom is -0.493 e. The van der Waals surface area contributed by atoms with Gasteiger partial charge in [0.25, 0.3) is 0 Å². The van der Waals surface area contributed by atoms with Crippen molar-refractivity contribution in [3.8, 4) is 5.75 Å². The normalized spacial score (nSPS) is 27.7. The number of amides is 1. The monoisotopic (exact) mass is 315 g/mol. The van der Waals surface area contributed by atoms with Crippen LogP contribution in [-0.4, -0.2) is 12.5 Å². The van der Waals surface area contributed by atoms with E-state index >= 15 is 0 Å². The highest BCUT2D eigenvalue weighted by molar-refractivity contribution is 5.79. The second-order valence-corrected chi connectivity index (χ2v) is 8.15. The maximum atomic E-state index is 12.7. The van der Waals surface area contributed by atoms with Crippen molar-refractivity contribution in [2.75, 3.05) is 6.61 Å². The summed E-state index contributed by atoms with van der Waals surface area (Å²) >= 11 is 0. The third-order valence-corrected chi connectivity index (χ3v) is 5.60. The van der Waals surface area contributed by atoms with Gasteiger partial charge in [-0.2, -0.15) is 0 Å². The first-order valence-corrected chi connectivity index (χ1v) is 8.97. The molecule has 0 spiro atoms. The van der Waals surface area contributed by atoms with E-state index < -0.39 is 0 Å². The third kappa shape index (κ3) is 3.70. The summed E-state index contributed by atoms with van der Waals surface area (Å²) in [6.07, 6.45) is 5.26. The van der Waals surface area contributed by atoms with Gasteiger partial charge in [-0.3, -0.25) is 4.79 Å². The van der Waals surface area contributed by atoms with Crippen molar-refractivity contribution in [1.82, 2.24) is 5.32 Å². The average Bonchev–Trinajstić information content (AvgIpc) is 2.54. The second-order valence-electron chi connectivity index (χ2n) is 8.15. The van der Waals surface area contributed by atoms with Crippen LogP contribution in [0.4, 0.5) is 0 Å². The SMILES string of the molecule is CC(C)(C)C1CCC(C(=O)NC2CCOc3ccccc32)CC1. The molecule has 126 valence electrons. The van der Waals surface area contributed by atoms with Gasteiger partial charge in [0.2, 0.25) is 5.91 Å². The molecule has 3 rings (SSSR count). The van der Waals surface area contributed by atoms with E-state index in [1.807, 2.05) is 18.2 Å². The number of para-hydroxylation sites is 1. The Hall–Kier alpha value is -1.51. The van der Waals surface area contributed by atoms with Crippen LogP contribution in [0, 0.1) is 17.3 Å². The minimum absolute atomic E-state index is 0.104. The second kappa shape index (κ2) is 6.54. The van der Waals surface area contributed by atoms with Gasteiger partial charge in [-0.25, -0.2) is 0 Å². The molecule has 1 N–H and O–H groups in total. The first-order chi connectivity index (χ1) is 10.9. The summed E-state index contributed by atoms with van der Waals surface area (Å²) in [5.41, 5.74) is 1.48. The molecular formula is C20H29NO2. The van der Waals surface area contributed by atoms with Gasteiger partial charge in [0.15, 0.2) is 0 Å². The summed E-state index contributed by atoms with van der Waals surface area (Å²) in [6.45, 7) is 7.63. The Balaban J connectivity index is 1.59. The number of ether oxygens (including phenoxy) is 1. The molecule has 2 aliphatic rings. The van der Waals surface area contributed by atoms with Crippen molar-refractivity contribution in [3.05, 3.63) is 29.8 Å². The van der Waals surface area contributed by atoms with Crippen LogP contribution in [0.2, 0.25) is 0 Å². The Kier molecular flexibility index (Phi) is 4.65. The maximum absolute atomic E-state index is 12.7. The Morgan fingerprint density at radius 2 is 1.78 bits per heavy atom. The van der Waals surface area contributed by atoms with Gasteiger partial charge in [0.05, 0.1) is 12.6 Å². The molecule has 0 bridgehead atoms. The lowest BCUT2D eigenvalue weighted by Gasteiger charge is -2.37. The number of hydrogen-bond donors (Lipinski definition) is 1. The third-order valence-electron chi connectivity index (χ3n) is 5.60. The first kappa shape index (κ1) is 16.4. The van der Waals surface area contributed by atoms with E-state index in [0.717, 1.165) is 36.5 Å². The Morgan fingerprint density at radius 1 is 1.09 bits per heavy atom. The predicted molar refractivity (Wildman–Crippen MR) is 92.3 cm³/mol. The highest BCUT2D eigenvalue weighted by atomic mass is 16.5. The lowest BCUT2D eigenvalue weighted by molar-refractivity contribution is -0.127. The molecule has 1 saturated carbocycles. The average molecular weight is 315 g/mol. The van der Waals surface area contributed by atoms with Crippen molar-refractivity contribution < 1.29 is 9.53 Å². The standard InChI is InChI=1S/C20H29NO2/c1-20(2,3)15-10-8-14(9-11-15)19(22)21-17-12-13-23-18-7-5-4-6-16(17)18/h4-7,14-15,17H,8-13H2,1-3H3,(H,21,22). The van der Waals surface area contributed by atoms with Crippen LogP contribution < -0.4 is 10.1 Å². The molecule has 1 fully saturated rings. The molecule has 1 aromatic carbocycles. The maximum Gasteiger partial charge on any atom is 0.223 e. The summed E-state index contributed by atoms with van der Waals surface area (Å²) in [6, 6.07) is 8.16. The fourth-order valence-corrected chi connectivity index (χ4v) is 4.00. The van der Waals surface area contributed by atoms with Crippen LogP contribution >= 0.6 is 0 Å². The largest absolute Gasteiger partial charge is 0.493 e. The fraction of sp³-hybridized carbons (Fsp3) is 0.650. The molecular weight excluding hydrogens is 286 g/mol. The smallest absolute Gasteiger partial charge is 0.223 e. The van der Waals surface area contributed by atoms with Gasteiger partial charge in [0, 0.05) is 17.9 Å². The van der Waals surface area contributed by atoms with Gasteiger partial charge in [-0.1, -0.05) is 39.0 Å². The van der Waals surface area contributed by atoms with E-state index in [0.29, 0.717) is 12.0 Å². The molecule has 0 radical (unpaired) electrons. The van der Waals surface area contributed by atoms with Crippen LogP contribution in [0.25, 0.3) is 0 Å². The molecule has 3 heteroatoms. The van der Waals surface area contributed by atoms with Crippen molar-refractivity contribution in [3.63, 3.8) is 0 Å². The topological polar surface area (TPSA) is 38.3 Å². The van der Waals surface area contributed by atoms with Crippen molar-refractivity contribution in [1.29, 1.82) is 0 Å². The zero-order valence-corrected chi connectivity index (χ0v) is 14.6. The molecule has 3 nitrogen and oxygen atoms in total. The Bertz CT molecular complexity index is 553. The van der Waals surface area contributed by atoms with Crippen LogP contribution in [0.1, 0.15) is 64.5 Å². The molecule has 23 heavy (non-hydrogen) atoms. The summed E-state index contributed by atoms with van der Waals surface area (Å²) in [5.74, 6) is 2.08. The molecule has 1 aliphatic heterocycles. The highest BCUT2D eigenvalue weighted by Gasteiger charge is 2.33. The number of carbonyl (C=O) groups is 1. The van der Waals surface area contributed by atoms with Gasteiger partial charge in [-0.15, -0.1) is 0 Å². The molecule has 0 aromatic heterocycles. The lowest BCUT2D eigenvalue weighted by atomic mass is 9.69. The first-order valence-electron chi connectivity index (χ1n) is 8.97. The molecule has 1 aliphatic carbocycles. The van der Waals surface area contributed by atoms with Gasteiger partial charge in [0.1, 0.15) is 5.75 Å². The zero-order valence-electron chi connectivity index (χ0n) is 14.6. The molecule has 1 aromatic rings. The van der Waals surface area contributed by atoms with Gasteiger partial charge in [-0.05, 0) is 43.1 Å². The van der Waals surface area contributed by atoms with Crippen molar-refractivity contribution in [2.45, 2.75) is 58.9 Å². The fourth-order valence-electron chi connectivity index (χ4n) is 4.00. The van der Waals surface area contributed by atoms with E-state index in [9.17, 15) is 4.79 Å². The molecule has 1 heterocycles. The zero-order chi connectivity index (χ0) is 16.4. The number of carbonyl (C=O) groups excluding carboxylic acids is 1.